The Morgan fingerprint density at radius 2 is 2.23 bits per heavy atom. The third kappa shape index (κ3) is 3.96. The molecule has 11 heteroatoms. The van der Waals surface area contributed by atoms with Gasteiger partial charge in [-0.25, -0.2) is 0 Å². The highest BCUT2D eigenvalue weighted by molar-refractivity contribution is 8.00. The van der Waals surface area contributed by atoms with E-state index in [1.165, 1.54) is 6.26 Å². The van der Waals surface area contributed by atoms with E-state index in [1.54, 1.807) is 19.1 Å². The summed E-state index contributed by atoms with van der Waals surface area (Å²) in [7, 11) is 0. The maximum Gasteiger partial charge on any atom is 0.417 e. The highest BCUT2D eigenvalue weighted by atomic mass is 35.5. The lowest BCUT2D eigenvalue weighted by Gasteiger charge is -2.11. The molecule has 0 aliphatic rings. The van der Waals surface area contributed by atoms with Crippen molar-refractivity contribution in [3.05, 3.63) is 47.0 Å². The van der Waals surface area contributed by atoms with Crippen molar-refractivity contribution in [2.75, 3.05) is 0 Å². The molecule has 3 aromatic rings. The van der Waals surface area contributed by atoms with Gasteiger partial charge in [-0.05, 0) is 25.1 Å². The van der Waals surface area contributed by atoms with Gasteiger partial charge >= 0.3 is 6.18 Å². The highest BCUT2D eigenvalue weighted by Crippen LogP contribution is 2.33. The Morgan fingerprint density at radius 3 is 2.88 bits per heavy atom. The summed E-state index contributed by atoms with van der Waals surface area (Å²) in [5.74, 6) is 0.270. The number of furan rings is 1. The Hall–Kier alpha value is -2.20. The maximum atomic E-state index is 13.0. The number of hydrogen-bond acceptors (Lipinski definition) is 5. The molecule has 0 aromatic carbocycles. The Kier molecular flexibility index (Phi) is 5.15. The molecule has 1 atom stereocenters. The molecule has 3 aromatic heterocycles. The van der Waals surface area contributed by atoms with Crippen molar-refractivity contribution in [1.29, 1.82) is 0 Å². The number of thioether (sulfide) groups is 1. The molecular weight excluding hydrogens is 393 g/mol. The van der Waals surface area contributed by atoms with Gasteiger partial charge in [0.2, 0.25) is 5.91 Å². The maximum absolute atomic E-state index is 13.0. The van der Waals surface area contributed by atoms with Gasteiger partial charge in [0.05, 0.1) is 28.6 Å². The van der Waals surface area contributed by atoms with Crippen LogP contribution in [0, 0.1) is 0 Å². The van der Waals surface area contributed by atoms with Crippen LogP contribution in [0.3, 0.4) is 0 Å². The van der Waals surface area contributed by atoms with Crippen molar-refractivity contribution in [1.82, 2.24) is 19.9 Å². The zero-order valence-electron chi connectivity index (χ0n) is 13.2. The van der Waals surface area contributed by atoms with Crippen molar-refractivity contribution in [2.45, 2.75) is 30.1 Å². The molecule has 0 aliphatic heterocycles. The molecule has 1 unspecified atom stereocenters. The van der Waals surface area contributed by atoms with Gasteiger partial charge in [0, 0.05) is 6.20 Å². The van der Waals surface area contributed by atoms with Gasteiger partial charge in [0.25, 0.3) is 0 Å². The Balaban J connectivity index is 1.77. The van der Waals surface area contributed by atoms with E-state index in [-0.39, 0.29) is 28.3 Å². The fraction of sp³-hybridized carbons (Fsp3) is 0.267. The lowest BCUT2D eigenvalue weighted by molar-refractivity contribution is -0.137. The number of carbonyl (C=O) groups excluding carboxylic acids is 1. The van der Waals surface area contributed by atoms with Crippen molar-refractivity contribution >= 4 is 34.9 Å². The number of pyridine rings is 1. The Morgan fingerprint density at radius 1 is 1.46 bits per heavy atom. The van der Waals surface area contributed by atoms with E-state index in [1.807, 2.05) is 0 Å². The summed E-state index contributed by atoms with van der Waals surface area (Å²) in [6.45, 7) is 1.82. The van der Waals surface area contributed by atoms with Crippen LogP contribution in [0.5, 0.6) is 0 Å². The zero-order valence-corrected chi connectivity index (χ0v) is 14.8. The molecule has 0 radical (unpaired) electrons. The predicted octanol–water partition coefficient (Wildman–Crippen LogP) is 3.79. The predicted molar refractivity (Wildman–Crippen MR) is 88.9 cm³/mol. The Labute approximate surface area is 154 Å². The quantitative estimate of drug-likeness (QED) is 0.655. The summed E-state index contributed by atoms with van der Waals surface area (Å²) in [5.41, 5.74) is -0.836. The first-order valence-electron chi connectivity index (χ1n) is 7.34. The first-order chi connectivity index (χ1) is 12.3. The third-order valence-electron chi connectivity index (χ3n) is 3.42. The molecule has 1 N–H and O–H groups in total. The van der Waals surface area contributed by atoms with Gasteiger partial charge < -0.3 is 9.73 Å². The number of alkyl halides is 3. The second-order valence-corrected chi connectivity index (χ2v) is 7.02. The molecule has 0 bridgehead atoms. The van der Waals surface area contributed by atoms with Crippen molar-refractivity contribution in [2.24, 2.45) is 0 Å². The standard InChI is InChI=1S/C15H12ClF3N4O2S/c1-8(13(24)20-6-10-3-2-4-25-10)26-14-22-21-12-11(16)5-9(7-23(12)14)15(17,18)19/h2-5,7-8H,6H2,1H3,(H,20,24). The highest BCUT2D eigenvalue weighted by Gasteiger charge is 2.32. The second-order valence-electron chi connectivity index (χ2n) is 5.31. The number of rotatable bonds is 5. The van der Waals surface area contributed by atoms with E-state index >= 15 is 0 Å². The van der Waals surface area contributed by atoms with Crippen molar-refractivity contribution in [3.63, 3.8) is 0 Å². The van der Waals surface area contributed by atoms with Gasteiger partial charge in [0.1, 0.15) is 5.76 Å². The first kappa shape index (κ1) is 18.6. The Bertz CT molecular complexity index is 927. The van der Waals surface area contributed by atoms with E-state index in [0.717, 1.165) is 28.4 Å². The summed E-state index contributed by atoms with van der Waals surface area (Å²) >= 11 is 6.84. The van der Waals surface area contributed by atoms with Gasteiger partial charge in [-0.15, -0.1) is 10.2 Å². The number of hydrogen-bond donors (Lipinski definition) is 1. The van der Waals surface area contributed by atoms with Crippen LogP contribution in [0.1, 0.15) is 18.2 Å². The van der Waals surface area contributed by atoms with Gasteiger partial charge in [0.15, 0.2) is 10.8 Å². The number of halogens is 4. The number of amides is 1. The van der Waals surface area contributed by atoms with Crippen LogP contribution in [-0.4, -0.2) is 25.8 Å². The summed E-state index contributed by atoms with van der Waals surface area (Å²) in [4.78, 5) is 12.2. The number of aromatic nitrogens is 3. The van der Waals surface area contributed by atoms with Crippen LogP contribution >= 0.6 is 23.4 Å². The minimum atomic E-state index is -4.56. The number of fused-ring (bicyclic) bond motifs is 1. The topological polar surface area (TPSA) is 72.4 Å². The van der Waals surface area contributed by atoms with Gasteiger partial charge in [-0.1, -0.05) is 23.4 Å². The normalized spacial score (nSPS) is 13.1. The smallest absolute Gasteiger partial charge is 0.417 e. The molecule has 0 fully saturated rings. The molecule has 138 valence electrons. The molecule has 26 heavy (non-hydrogen) atoms. The zero-order chi connectivity index (χ0) is 18.9. The van der Waals surface area contributed by atoms with Gasteiger partial charge in [-0.3, -0.25) is 9.20 Å². The summed E-state index contributed by atoms with van der Waals surface area (Å²) < 4.78 is 45.1. The van der Waals surface area contributed by atoms with Crippen LogP contribution in [0.25, 0.3) is 5.65 Å². The second kappa shape index (κ2) is 7.20. The van der Waals surface area contributed by atoms with Crippen molar-refractivity contribution in [3.8, 4) is 0 Å². The fourth-order valence-electron chi connectivity index (χ4n) is 2.11. The molecule has 0 spiro atoms. The first-order valence-corrected chi connectivity index (χ1v) is 8.59. The van der Waals surface area contributed by atoms with E-state index in [0.29, 0.717) is 5.76 Å². The SMILES string of the molecule is CC(Sc1nnc2c(Cl)cc(C(F)(F)F)cn12)C(=O)NCc1ccco1. The molecular formula is C15H12ClF3N4O2S. The van der Waals surface area contributed by atoms with E-state index < -0.39 is 17.0 Å². The average molecular weight is 405 g/mol. The van der Waals surface area contributed by atoms with Crippen LogP contribution in [0.15, 0.2) is 40.2 Å². The van der Waals surface area contributed by atoms with Crippen LogP contribution in [0.4, 0.5) is 13.2 Å². The molecule has 0 aliphatic carbocycles. The average Bonchev–Trinajstić information content (AvgIpc) is 3.22. The molecule has 0 saturated heterocycles. The van der Waals surface area contributed by atoms with E-state index in [4.69, 9.17) is 16.0 Å². The number of nitrogens with zero attached hydrogens (tertiary/aromatic N) is 3. The lowest BCUT2D eigenvalue weighted by atomic mass is 10.3. The van der Waals surface area contributed by atoms with Crippen molar-refractivity contribution < 1.29 is 22.4 Å². The molecule has 3 rings (SSSR count). The summed E-state index contributed by atoms with van der Waals surface area (Å²) in [6.07, 6.45) is -2.21. The number of carbonyl (C=O) groups is 1. The van der Waals surface area contributed by atoms with Crippen LogP contribution in [-0.2, 0) is 17.5 Å². The third-order valence-corrected chi connectivity index (χ3v) is 4.76. The minimum Gasteiger partial charge on any atom is -0.467 e. The molecule has 0 saturated carbocycles. The summed E-state index contributed by atoms with van der Waals surface area (Å²) in [6, 6.07) is 4.20. The fourth-order valence-corrected chi connectivity index (χ4v) is 3.21. The largest absolute Gasteiger partial charge is 0.467 e. The number of nitrogens with one attached hydrogen (secondary N) is 1. The molecule has 3 heterocycles. The van der Waals surface area contributed by atoms with E-state index in [9.17, 15) is 18.0 Å². The van der Waals surface area contributed by atoms with Crippen LogP contribution < -0.4 is 5.32 Å². The molecule has 6 nitrogen and oxygen atoms in total. The van der Waals surface area contributed by atoms with Gasteiger partial charge in [-0.2, -0.15) is 13.2 Å². The minimum absolute atomic E-state index is 0.0883. The monoisotopic (exact) mass is 404 g/mol. The van der Waals surface area contributed by atoms with E-state index in [2.05, 4.69) is 15.5 Å². The van der Waals surface area contributed by atoms with Crippen LogP contribution in [0.2, 0.25) is 5.02 Å². The lowest BCUT2D eigenvalue weighted by Crippen LogP contribution is -2.30. The molecule has 1 amide bonds. The summed E-state index contributed by atoms with van der Waals surface area (Å²) in [5, 5.41) is 9.64.